The zero-order chi connectivity index (χ0) is 17.8. The van der Waals surface area contributed by atoms with Crippen LogP contribution in [0.4, 0.5) is 0 Å². The fourth-order valence-electron chi connectivity index (χ4n) is 3.03. The second kappa shape index (κ2) is 7.95. The molecule has 0 unspecified atom stereocenters. The van der Waals surface area contributed by atoms with Gasteiger partial charge in [-0.3, -0.25) is 9.69 Å². The van der Waals surface area contributed by atoms with Crippen LogP contribution in [0.15, 0.2) is 22.6 Å². The van der Waals surface area contributed by atoms with Gasteiger partial charge in [-0.1, -0.05) is 0 Å². The predicted octanol–water partition coefficient (Wildman–Crippen LogP) is 1.29. The number of pyridine rings is 1. The maximum atomic E-state index is 12.6. The topological polar surface area (TPSA) is 79.0 Å². The molecule has 25 heavy (non-hydrogen) atoms. The predicted molar refractivity (Wildman–Crippen MR) is 93.6 cm³/mol. The molecule has 0 bridgehead atoms. The number of aliphatic hydroxyl groups excluding tert-OH is 1. The number of nitrogens with zero attached hydrogens (tertiary/aromatic N) is 3. The van der Waals surface area contributed by atoms with Gasteiger partial charge in [0.15, 0.2) is 11.3 Å². The average Bonchev–Trinajstić information content (AvgIpc) is 3.03. The number of aryl methyl sites for hydroxylation is 1. The summed E-state index contributed by atoms with van der Waals surface area (Å²) in [4.78, 5) is 21.0. The molecule has 1 aliphatic heterocycles. The molecule has 0 spiro atoms. The van der Waals surface area contributed by atoms with E-state index in [2.05, 4.69) is 9.88 Å². The number of hydrogen-bond donors (Lipinski definition) is 1. The second-order valence-electron chi connectivity index (χ2n) is 6.35. The van der Waals surface area contributed by atoms with Crippen LogP contribution in [0.3, 0.4) is 0 Å². The molecule has 3 rings (SSSR count). The van der Waals surface area contributed by atoms with Gasteiger partial charge in [0.25, 0.3) is 5.91 Å². The highest BCUT2D eigenvalue weighted by Gasteiger charge is 2.25. The summed E-state index contributed by atoms with van der Waals surface area (Å²) in [6, 6.07) is 5.42. The number of hydrogen-bond acceptors (Lipinski definition) is 6. The van der Waals surface area contributed by atoms with Gasteiger partial charge < -0.3 is 19.2 Å². The van der Waals surface area contributed by atoms with Gasteiger partial charge in [0.05, 0.1) is 12.7 Å². The molecule has 136 valence electrons. The lowest BCUT2D eigenvalue weighted by molar-refractivity contribution is 0.0108. The normalized spacial score (nSPS) is 17.2. The van der Waals surface area contributed by atoms with Crippen molar-refractivity contribution in [1.29, 1.82) is 0 Å². The standard InChI is InChI=1S/C18H25N3O4/c1-3-24-12-14(22)11-20-6-8-21(9-7-20)18(23)17-10-15-16(25-17)5-4-13(2)19-15/h4-5,10,14,22H,3,6-9,11-12H2,1-2H3/t14-/m0/s1. The molecule has 0 saturated carbocycles. The van der Waals surface area contributed by atoms with Gasteiger partial charge in [0.2, 0.25) is 0 Å². The Bertz CT molecular complexity index is 722. The van der Waals surface area contributed by atoms with E-state index in [0.717, 1.165) is 18.8 Å². The van der Waals surface area contributed by atoms with Gasteiger partial charge in [-0.25, -0.2) is 4.98 Å². The number of aliphatic hydroxyl groups is 1. The van der Waals surface area contributed by atoms with Crippen LogP contribution in [0.1, 0.15) is 23.2 Å². The van der Waals surface area contributed by atoms with Crippen molar-refractivity contribution < 1.29 is 19.1 Å². The number of β-amino-alcohol motifs (C(OH)–C–C–N with tert-alkyl or cyclic N) is 1. The number of ether oxygens (including phenoxy) is 1. The van der Waals surface area contributed by atoms with Crippen LogP contribution in [0.25, 0.3) is 11.1 Å². The molecule has 0 aliphatic carbocycles. The third-order valence-electron chi connectivity index (χ3n) is 4.37. The van der Waals surface area contributed by atoms with Crippen molar-refractivity contribution in [3.8, 4) is 0 Å². The Balaban J connectivity index is 1.55. The Hall–Kier alpha value is -1.96. The van der Waals surface area contributed by atoms with E-state index in [-0.39, 0.29) is 5.91 Å². The number of furan rings is 1. The Labute approximate surface area is 147 Å². The van der Waals surface area contributed by atoms with Gasteiger partial charge in [-0.15, -0.1) is 0 Å². The smallest absolute Gasteiger partial charge is 0.289 e. The van der Waals surface area contributed by atoms with E-state index < -0.39 is 6.10 Å². The number of aromatic nitrogens is 1. The Morgan fingerprint density at radius 3 is 2.84 bits per heavy atom. The van der Waals surface area contributed by atoms with Crippen LogP contribution in [-0.2, 0) is 4.74 Å². The molecule has 1 amide bonds. The summed E-state index contributed by atoms with van der Waals surface area (Å²) >= 11 is 0. The minimum atomic E-state index is -0.494. The summed E-state index contributed by atoms with van der Waals surface area (Å²) in [7, 11) is 0. The second-order valence-corrected chi connectivity index (χ2v) is 6.35. The van der Waals surface area contributed by atoms with E-state index in [1.807, 2.05) is 26.0 Å². The van der Waals surface area contributed by atoms with Crippen molar-refractivity contribution in [2.45, 2.75) is 20.0 Å². The Morgan fingerprint density at radius 1 is 1.36 bits per heavy atom. The van der Waals surface area contributed by atoms with Crippen LogP contribution >= 0.6 is 0 Å². The summed E-state index contributed by atoms with van der Waals surface area (Å²) in [6.07, 6.45) is -0.494. The number of carbonyl (C=O) groups excluding carboxylic acids is 1. The lowest BCUT2D eigenvalue weighted by atomic mass is 10.2. The van der Waals surface area contributed by atoms with Crippen molar-refractivity contribution >= 4 is 17.0 Å². The van der Waals surface area contributed by atoms with Gasteiger partial charge in [0, 0.05) is 51.1 Å². The molecular weight excluding hydrogens is 322 g/mol. The molecule has 1 aliphatic rings. The summed E-state index contributed by atoms with van der Waals surface area (Å²) in [6.45, 7) is 8.02. The van der Waals surface area contributed by atoms with E-state index in [0.29, 0.717) is 49.7 Å². The highest BCUT2D eigenvalue weighted by Crippen LogP contribution is 2.20. The average molecular weight is 347 g/mol. The molecule has 0 radical (unpaired) electrons. The number of piperazine rings is 1. The van der Waals surface area contributed by atoms with Crippen molar-refractivity contribution in [1.82, 2.24) is 14.8 Å². The quantitative estimate of drug-likeness (QED) is 0.848. The maximum absolute atomic E-state index is 12.6. The molecule has 1 fully saturated rings. The van der Waals surface area contributed by atoms with Crippen LogP contribution < -0.4 is 0 Å². The van der Waals surface area contributed by atoms with Gasteiger partial charge in [-0.05, 0) is 26.0 Å². The molecular formula is C18H25N3O4. The van der Waals surface area contributed by atoms with E-state index >= 15 is 0 Å². The fourth-order valence-corrected chi connectivity index (χ4v) is 3.03. The molecule has 7 heteroatoms. The number of carbonyl (C=O) groups is 1. The van der Waals surface area contributed by atoms with Crippen molar-refractivity contribution in [3.63, 3.8) is 0 Å². The van der Waals surface area contributed by atoms with E-state index in [4.69, 9.17) is 9.15 Å². The Kier molecular flexibility index (Phi) is 5.67. The van der Waals surface area contributed by atoms with Crippen molar-refractivity contribution in [3.05, 3.63) is 29.7 Å². The van der Waals surface area contributed by atoms with Crippen LogP contribution in [-0.4, -0.2) is 77.8 Å². The number of rotatable bonds is 6. The van der Waals surface area contributed by atoms with Gasteiger partial charge in [0.1, 0.15) is 5.52 Å². The lowest BCUT2D eigenvalue weighted by Gasteiger charge is -2.35. The van der Waals surface area contributed by atoms with Crippen molar-refractivity contribution in [2.24, 2.45) is 0 Å². The number of fused-ring (bicyclic) bond motifs is 1. The third-order valence-corrected chi connectivity index (χ3v) is 4.37. The zero-order valence-electron chi connectivity index (χ0n) is 14.8. The zero-order valence-corrected chi connectivity index (χ0v) is 14.8. The minimum Gasteiger partial charge on any atom is -0.449 e. The van der Waals surface area contributed by atoms with Crippen LogP contribution in [0, 0.1) is 6.92 Å². The number of amides is 1. The highest BCUT2D eigenvalue weighted by molar-refractivity contribution is 5.95. The first-order valence-electron chi connectivity index (χ1n) is 8.71. The first-order valence-corrected chi connectivity index (χ1v) is 8.71. The molecule has 7 nitrogen and oxygen atoms in total. The minimum absolute atomic E-state index is 0.106. The maximum Gasteiger partial charge on any atom is 0.289 e. The largest absolute Gasteiger partial charge is 0.449 e. The summed E-state index contributed by atoms with van der Waals surface area (Å²) in [5.74, 6) is 0.225. The summed E-state index contributed by atoms with van der Waals surface area (Å²) in [5.41, 5.74) is 2.24. The first-order chi connectivity index (χ1) is 12.1. The summed E-state index contributed by atoms with van der Waals surface area (Å²) in [5, 5.41) is 9.92. The molecule has 2 aromatic rings. The van der Waals surface area contributed by atoms with Crippen LogP contribution in [0.2, 0.25) is 0 Å². The van der Waals surface area contributed by atoms with Crippen LogP contribution in [0.5, 0.6) is 0 Å². The molecule has 0 aromatic carbocycles. The Morgan fingerprint density at radius 2 is 2.12 bits per heavy atom. The lowest BCUT2D eigenvalue weighted by Crippen LogP contribution is -2.50. The van der Waals surface area contributed by atoms with E-state index in [9.17, 15) is 9.90 Å². The van der Waals surface area contributed by atoms with Gasteiger partial charge >= 0.3 is 0 Å². The fraction of sp³-hybridized carbons (Fsp3) is 0.556. The summed E-state index contributed by atoms with van der Waals surface area (Å²) < 4.78 is 10.9. The first kappa shape index (κ1) is 17.8. The molecule has 1 N–H and O–H groups in total. The van der Waals surface area contributed by atoms with E-state index in [1.54, 1.807) is 11.0 Å². The molecule has 1 saturated heterocycles. The third kappa shape index (κ3) is 4.36. The van der Waals surface area contributed by atoms with Crippen molar-refractivity contribution in [2.75, 3.05) is 45.9 Å². The molecule has 3 heterocycles. The van der Waals surface area contributed by atoms with Gasteiger partial charge in [-0.2, -0.15) is 0 Å². The monoisotopic (exact) mass is 347 g/mol. The molecule has 1 atom stereocenters. The highest BCUT2D eigenvalue weighted by atomic mass is 16.5. The van der Waals surface area contributed by atoms with E-state index in [1.165, 1.54) is 0 Å². The SMILES string of the molecule is CCOC[C@@H](O)CN1CCN(C(=O)c2cc3nc(C)ccc3o2)CC1. The molecule has 2 aromatic heterocycles.